The van der Waals surface area contributed by atoms with Gasteiger partial charge in [0.2, 0.25) is 10.0 Å². The van der Waals surface area contributed by atoms with Gasteiger partial charge < -0.3 is 10.1 Å². The van der Waals surface area contributed by atoms with Gasteiger partial charge in [0.1, 0.15) is 5.82 Å². The van der Waals surface area contributed by atoms with Gasteiger partial charge in [-0.05, 0) is 19.1 Å². The van der Waals surface area contributed by atoms with Crippen LogP contribution in [0.15, 0.2) is 23.1 Å². The molecule has 0 aromatic heterocycles. The summed E-state index contributed by atoms with van der Waals surface area (Å²) in [6.07, 6.45) is 0. The van der Waals surface area contributed by atoms with Crippen LogP contribution in [0.2, 0.25) is 0 Å². The smallest absolute Gasteiger partial charge is 0.240 e. The minimum Gasteiger partial charge on any atom is -0.383 e. The van der Waals surface area contributed by atoms with Gasteiger partial charge in [0.15, 0.2) is 0 Å². The lowest BCUT2D eigenvalue weighted by Gasteiger charge is -2.10. The molecule has 0 unspecified atom stereocenters. The molecular formula is C12H19FN2O3S. The molecule has 0 spiro atoms. The lowest BCUT2D eigenvalue weighted by molar-refractivity contribution is 0.199. The number of rotatable bonds is 8. The Labute approximate surface area is 113 Å². The van der Waals surface area contributed by atoms with Gasteiger partial charge in [-0.3, -0.25) is 0 Å². The van der Waals surface area contributed by atoms with Crippen molar-refractivity contribution >= 4 is 10.0 Å². The zero-order valence-corrected chi connectivity index (χ0v) is 11.9. The maximum absolute atomic E-state index is 13.3. The van der Waals surface area contributed by atoms with Crippen LogP contribution in [0.4, 0.5) is 4.39 Å². The third-order valence-electron chi connectivity index (χ3n) is 2.58. The number of sulfonamides is 1. The molecule has 0 radical (unpaired) electrons. The first-order valence-electron chi connectivity index (χ1n) is 5.93. The lowest BCUT2D eigenvalue weighted by Crippen LogP contribution is -2.33. The summed E-state index contributed by atoms with van der Waals surface area (Å²) in [6, 6.07) is 4.01. The second-order valence-electron chi connectivity index (χ2n) is 4.00. The Hall–Kier alpha value is -1.02. The van der Waals surface area contributed by atoms with E-state index in [2.05, 4.69) is 10.0 Å². The number of halogens is 1. The van der Waals surface area contributed by atoms with E-state index < -0.39 is 15.8 Å². The van der Waals surface area contributed by atoms with Crippen LogP contribution in [0.5, 0.6) is 0 Å². The van der Waals surface area contributed by atoms with Gasteiger partial charge in [-0.1, -0.05) is 6.07 Å². The largest absolute Gasteiger partial charge is 0.383 e. The molecule has 0 saturated carbocycles. The van der Waals surface area contributed by atoms with Crippen molar-refractivity contribution in [3.63, 3.8) is 0 Å². The van der Waals surface area contributed by atoms with Crippen LogP contribution in [0, 0.1) is 12.7 Å². The third kappa shape index (κ3) is 4.87. The molecule has 0 saturated heterocycles. The van der Waals surface area contributed by atoms with Crippen molar-refractivity contribution in [1.29, 1.82) is 0 Å². The van der Waals surface area contributed by atoms with Gasteiger partial charge in [0.05, 0.1) is 11.5 Å². The van der Waals surface area contributed by atoms with Crippen LogP contribution in [0.1, 0.15) is 5.56 Å². The van der Waals surface area contributed by atoms with Crippen molar-refractivity contribution < 1.29 is 17.5 Å². The second-order valence-corrected chi connectivity index (χ2v) is 5.74. The van der Waals surface area contributed by atoms with Gasteiger partial charge in [0.25, 0.3) is 0 Å². The predicted octanol–water partition coefficient (Wildman–Crippen LogP) is 0.648. The monoisotopic (exact) mass is 290 g/mol. The molecule has 19 heavy (non-hydrogen) atoms. The SMILES string of the molecule is COCCNCCNS(=O)(=O)c1cccc(F)c1C. The number of benzene rings is 1. The lowest BCUT2D eigenvalue weighted by atomic mass is 10.2. The maximum Gasteiger partial charge on any atom is 0.240 e. The average molecular weight is 290 g/mol. The molecule has 0 aliphatic rings. The highest BCUT2D eigenvalue weighted by Gasteiger charge is 2.17. The van der Waals surface area contributed by atoms with E-state index in [4.69, 9.17) is 4.74 Å². The van der Waals surface area contributed by atoms with Crippen molar-refractivity contribution in [2.24, 2.45) is 0 Å². The van der Waals surface area contributed by atoms with Crippen LogP contribution in [0.3, 0.4) is 0 Å². The zero-order chi connectivity index (χ0) is 14.3. The van der Waals surface area contributed by atoms with Gasteiger partial charge in [-0.2, -0.15) is 0 Å². The first-order chi connectivity index (χ1) is 8.99. The molecule has 1 aromatic carbocycles. The van der Waals surface area contributed by atoms with E-state index in [-0.39, 0.29) is 17.0 Å². The highest BCUT2D eigenvalue weighted by atomic mass is 32.2. The number of methoxy groups -OCH3 is 1. The number of nitrogens with one attached hydrogen (secondary N) is 2. The molecule has 0 heterocycles. The summed E-state index contributed by atoms with van der Waals surface area (Å²) in [7, 11) is -2.07. The van der Waals surface area contributed by atoms with Gasteiger partial charge in [0, 0.05) is 32.3 Å². The molecular weight excluding hydrogens is 271 g/mol. The summed E-state index contributed by atoms with van der Waals surface area (Å²) in [5.41, 5.74) is 0.127. The zero-order valence-electron chi connectivity index (χ0n) is 11.1. The molecule has 1 aromatic rings. The van der Waals surface area contributed by atoms with Crippen LogP contribution in [-0.4, -0.2) is 41.8 Å². The minimum atomic E-state index is -3.67. The first kappa shape index (κ1) is 16.0. The van der Waals surface area contributed by atoms with Crippen LogP contribution < -0.4 is 10.0 Å². The van der Waals surface area contributed by atoms with E-state index in [0.29, 0.717) is 19.7 Å². The molecule has 0 aliphatic carbocycles. The molecule has 0 aliphatic heterocycles. The molecule has 5 nitrogen and oxygen atoms in total. The summed E-state index contributed by atoms with van der Waals surface area (Å²) in [4.78, 5) is -0.0237. The van der Waals surface area contributed by atoms with Crippen molar-refractivity contribution in [2.75, 3.05) is 33.4 Å². The third-order valence-corrected chi connectivity index (χ3v) is 4.19. The fourth-order valence-electron chi connectivity index (χ4n) is 1.53. The van der Waals surface area contributed by atoms with E-state index in [0.717, 1.165) is 0 Å². The van der Waals surface area contributed by atoms with Gasteiger partial charge in [-0.25, -0.2) is 17.5 Å². The molecule has 108 valence electrons. The highest BCUT2D eigenvalue weighted by molar-refractivity contribution is 7.89. The van der Waals surface area contributed by atoms with E-state index in [1.165, 1.54) is 25.1 Å². The van der Waals surface area contributed by atoms with Gasteiger partial charge in [-0.15, -0.1) is 0 Å². The van der Waals surface area contributed by atoms with Crippen LogP contribution in [-0.2, 0) is 14.8 Å². The highest BCUT2D eigenvalue weighted by Crippen LogP contribution is 2.17. The molecule has 0 atom stereocenters. The molecule has 0 fully saturated rings. The Balaban J connectivity index is 2.54. The average Bonchev–Trinajstić information content (AvgIpc) is 2.36. The van der Waals surface area contributed by atoms with Crippen LogP contribution in [0.25, 0.3) is 0 Å². The molecule has 1 rings (SSSR count). The summed E-state index contributed by atoms with van der Waals surface area (Å²) < 4.78 is 44.5. The normalized spacial score (nSPS) is 11.7. The van der Waals surface area contributed by atoms with E-state index >= 15 is 0 Å². The topological polar surface area (TPSA) is 67.4 Å². The Morgan fingerprint density at radius 3 is 2.68 bits per heavy atom. The Kier molecular flexibility index (Phi) is 6.36. The number of ether oxygens (including phenoxy) is 1. The Bertz CT molecular complexity index is 506. The molecule has 2 N–H and O–H groups in total. The summed E-state index contributed by atoms with van der Waals surface area (Å²) in [6.45, 7) is 3.38. The summed E-state index contributed by atoms with van der Waals surface area (Å²) >= 11 is 0. The quantitative estimate of drug-likeness (QED) is 0.690. The van der Waals surface area contributed by atoms with E-state index in [1.54, 1.807) is 7.11 Å². The fourth-order valence-corrected chi connectivity index (χ4v) is 2.81. The van der Waals surface area contributed by atoms with E-state index in [1.807, 2.05) is 0 Å². The number of hydrogen-bond acceptors (Lipinski definition) is 4. The van der Waals surface area contributed by atoms with Crippen molar-refractivity contribution in [2.45, 2.75) is 11.8 Å². The second kappa shape index (κ2) is 7.54. The molecule has 7 heteroatoms. The first-order valence-corrected chi connectivity index (χ1v) is 7.42. The standard InChI is InChI=1S/C12H19FN2O3S/c1-10-11(13)4-3-5-12(10)19(16,17)15-7-6-14-8-9-18-2/h3-5,14-15H,6-9H2,1-2H3. The van der Waals surface area contributed by atoms with E-state index in [9.17, 15) is 12.8 Å². The van der Waals surface area contributed by atoms with Crippen molar-refractivity contribution in [3.05, 3.63) is 29.6 Å². The Morgan fingerprint density at radius 2 is 2.00 bits per heavy atom. The number of hydrogen-bond donors (Lipinski definition) is 2. The fraction of sp³-hybridized carbons (Fsp3) is 0.500. The molecule has 0 amide bonds. The summed E-state index contributed by atoms with van der Waals surface area (Å²) in [5, 5.41) is 3.01. The predicted molar refractivity (Wildman–Crippen MR) is 71.1 cm³/mol. The summed E-state index contributed by atoms with van der Waals surface area (Å²) in [5.74, 6) is -0.527. The minimum absolute atomic E-state index is 0.0237. The Morgan fingerprint density at radius 1 is 1.26 bits per heavy atom. The van der Waals surface area contributed by atoms with Crippen molar-refractivity contribution in [1.82, 2.24) is 10.0 Å². The van der Waals surface area contributed by atoms with Crippen molar-refractivity contribution in [3.8, 4) is 0 Å². The molecule has 0 bridgehead atoms. The maximum atomic E-state index is 13.3. The van der Waals surface area contributed by atoms with Crippen LogP contribution >= 0.6 is 0 Å². The van der Waals surface area contributed by atoms with Gasteiger partial charge >= 0.3 is 0 Å².